The van der Waals surface area contributed by atoms with Gasteiger partial charge in [0.1, 0.15) is 10.3 Å². The summed E-state index contributed by atoms with van der Waals surface area (Å²) in [5.74, 6) is 0.0110. The van der Waals surface area contributed by atoms with Crippen LogP contribution in [0.25, 0.3) is 16.7 Å². The molecule has 0 radical (unpaired) electrons. The number of ether oxygens (including phenoxy) is 1. The number of halogens is 1. The predicted octanol–water partition coefficient (Wildman–Crippen LogP) is 3.33. The monoisotopic (exact) mass is 501 g/mol. The van der Waals surface area contributed by atoms with Crippen molar-refractivity contribution in [1.29, 1.82) is 0 Å². The van der Waals surface area contributed by atoms with Gasteiger partial charge in [-0.1, -0.05) is 22.7 Å². The maximum atomic E-state index is 13.5. The highest BCUT2D eigenvalue weighted by atomic mass is 35.5. The van der Waals surface area contributed by atoms with Crippen molar-refractivity contribution in [1.82, 2.24) is 9.38 Å². The van der Waals surface area contributed by atoms with E-state index in [9.17, 15) is 13.2 Å². The standard InChI is InChI=1S/C24H25ClN4O4S/c1-15(2)33-13-5-12-28-21(26)20(34(31,32)18-9-7-17(25)8-10-18)14-19-23(28)27-22-16(3)6-4-11-29(22)24(19)30/h4,6-11,14-15,26H,5,12-13H2,1-3H3/p+1. The fraction of sp³-hybridized carbons (Fsp3) is 0.292. The molecule has 0 saturated carbocycles. The Bertz CT molecular complexity index is 1550. The van der Waals surface area contributed by atoms with Crippen molar-refractivity contribution in [3.63, 3.8) is 0 Å². The second kappa shape index (κ2) is 9.32. The summed E-state index contributed by atoms with van der Waals surface area (Å²) in [6.07, 6.45) is 2.23. The van der Waals surface area contributed by atoms with Crippen molar-refractivity contribution in [3.05, 3.63) is 69.6 Å². The number of nitrogens with zero attached hydrogens (tertiary/aromatic N) is 3. The van der Waals surface area contributed by atoms with Gasteiger partial charge in [0.15, 0.2) is 0 Å². The number of aromatic nitrogens is 3. The van der Waals surface area contributed by atoms with Gasteiger partial charge in [0, 0.05) is 29.8 Å². The minimum atomic E-state index is -4.03. The summed E-state index contributed by atoms with van der Waals surface area (Å²) in [7, 11) is -4.03. The minimum Gasteiger partial charge on any atom is -0.379 e. The number of pyridine rings is 2. The third kappa shape index (κ3) is 4.38. The number of nitrogens with two attached hydrogens (primary N) is 1. The lowest BCUT2D eigenvalue weighted by atomic mass is 10.2. The first-order chi connectivity index (χ1) is 16.1. The Morgan fingerprint density at radius 2 is 1.91 bits per heavy atom. The van der Waals surface area contributed by atoms with Crippen LogP contribution >= 0.6 is 11.6 Å². The van der Waals surface area contributed by atoms with E-state index in [-0.39, 0.29) is 32.7 Å². The van der Waals surface area contributed by atoms with Crippen molar-refractivity contribution in [3.8, 4) is 0 Å². The Morgan fingerprint density at radius 1 is 1.21 bits per heavy atom. The Morgan fingerprint density at radius 3 is 2.59 bits per heavy atom. The van der Waals surface area contributed by atoms with Crippen LogP contribution in [0.2, 0.25) is 5.02 Å². The zero-order valence-corrected chi connectivity index (χ0v) is 20.7. The average Bonchev–Trinajstić information content (AvgIpc) is 2.78. The molecular formula is C24H26ClN4O4S+. The van der Waals surface area contributed by atoms with Gasteiger partial charge in [-0.3, -0.25) is 9.20 Å². The van der Waals surface area contributed by atoms with Crippen LogP contribution in [0.4, 0.5) is 5.82 Å². The molecule has 34 heavy (non-hydrogen) atoms. The van der Waals surface area contributed by atoms with Crippen LogP contribution < -0.4 is 15.9 Å². The summed E-state index contributed by atoms with van der Waals surface area (Å²) in [6, 6.07) is 10.7. The van der Waals surface area contributed by atoms with Crippen LogP contribution in [0, 0.1) is 6.92 Å². The van der Waals surface area contributed by atoms with Crippen LogP contribution in [-0.2, 0) is 21.1 Å². The molecule has 0 saturated heterocycles. The lowest BCUT2D eigenvalue weighted by Crippen LogP contribution is -2.42. The molecular weight excluding hydrogens is 476 g/mol. The van der Waals surface area contributed by atoms with E-state index in [4.69, 9.17) is 27.1 Å². The van der Waals surface area contributed by atoms with E-state index in [1.165, 1.54) is 34.7 Å². The topological polar surface area (TPSA) is 108 Å². The Balaban J connectivity index is 1.99. The Labute approximate surface area is 202 Å². The van der Waals surface area contributed by atoms with E-state index in [1.807, 2.05) is 26.8 Å². The van der Waals surface area contributed by atoms with Gasteiger partial charge in [-0.2, -0.15) is 0 Å². The number of aryl methyl sites for hydroxylation is 2. The predicted molar refractivity (Wildman–Crippen MR) is 131 cm³/mol. The minimum absolute atomic E-state index is 0.0110. The van der Waals surface area contributed by atoms with E-state index in [1.54, 1.807) is 16.8 Å². The van der Waals surface area contributed by atoms with Crippen LogP contribution in [0.3, 0.4) is 0 Å². The van der Waals surface area contributed by atoms with E-state index >= 15 is 0 Å². The third-order valence-corrected chi connectivity index (χ3v) is 7.58. The molecule has 0 unspecified atom stereocenters. The van der Waals surface area contributed by atoms with Crippen molar-refractivity contribution < 1.29 is 17.7 Å². The fourth-order valence-electron chi connectivity index (χ4n) is 3.81. The molecule has 3 aromatic heterocycles. The van der Waals surface area contributed by atoms with E-state index < -0.39 is 9.84 Å². The van der Waals surface area contributed by atoms with E-state index in [0.717, 1.165) is 5.56 Å². The molecule has 178 valence electrons. The maximum absolute atomic E-state index is 13.5. The van der Waals surface area contributed by atoms with Gasteiger partial charge in [0.2, 0.25) is 21.3 Å². The summed E-state index contributed by atoms with van der Waals surface area (Å²) in [5, 5.41) is 0.574. The van der Waals surface area contributed by atoms with Crippen molar-refractivity contribution >= 4 is 43.9 Å². The van der Waals surface area contributed by atoms with Crippen molar-refractivity contribution in [2.45, 2.75) is 49.6 Å². The zero-order valence-electron chi connectivity index (χ0n) is 19.2. The first-order valence-electron chi connectivity index (χ1n) is 10.9. The summed E-state index contributed by atoms with van der Waals surface area (Å²) < 4.78 is 35.7. The van der Waals surface area contributed by atoms with Gasteiger partial charge in [-0.15, -0.1) is 0 Å². The number of hydrogen-bond acceptors (Lipinski definition) is 6. The molecule has 3 heterocycles. The first-order valence-corrected chi connectivity index (χ1v) is 12.7. The Hall–Kier alpha value is -3.01. The summed E-state index contributed by atoms with van der Waals surface area (Å²) >= 11 is 5.94. The number of rotatable bonds is 7. The highest BCUT2D eigenvalue weighted by molar-refractivity contribution is 7.91. The van der Waals surface area contributed by atoms with Crippen LogP contribution in [-0.4, -0.2) is 30.5 Å². The van der Waals surface area contributed by atoms with Crippen molar-refractivity contribution in [2.75, 3.05) is 12.3 Å². The largest absolute Gasteiger partial charge is 0.379 e. The molecule has 8 nitrogen and oxygen atoms in total. The lowest BCUT2D eigenvalue weighted by Gasteiger charge is -2.14. The molecule has 0 aliphatic heterocycles. The SMILES string of the molecule is Cc1cccn2c(=O)c3cc(S(=O)(=O)c4ccc(Cl)cc4)c(N)[n+](CCCOC(C)C)c3nc12. The van der Waals surface area contributed by atoms with Crippen LogP contribution in [0.5, 0.6) is 0 Å². The molecule has 0 atom stereocenters. The summed E-state index contributed by atoms with van der Waals surface area (Å²) in [6.45, 7) is 6.51. The normalized spacial score (nSPS) is 12.1. The molecule has 0 aliphatic carbocycles. The molecule has 10 heteroatoms. The first kappa shape index (κ1) is 24.1. The maximum Gasteiger partial charge on any atom is 0.278 e. The van der Waals surface area contributed by atoms with Gasteiger partial charge in [0.05, 0.1) is 17.5 Å². The van der Waals surface area contributed by atoms with Crippen LogP contribution in [0.1, 0.15) is 25.8 Å². The number of fused-ring (bicyclic) bond motifs is 2. The smallest absolute Gasteiger partial charge is 0.278 e. The molecule has 0 fully saturated rings. The molecule has 1 aromatic carbocycles. The number of sulfone groups is 1. The van der Waals surface area contributed by atoms with E-state index in [2.05, 4.69) is 0 Å². The van der Waals surface area contributed by atoms with E-state index in [0.29, 0.717) is 35.9 Å². The van der Waals surface area contributed by atoms with Gasteiger partial charge >= 0.3 is 0 Å². The van der Waals surface area contributed by atoms with Gasteiger partial charge in [0.25, 0.3) is 11.2 Å². The van der Waals surface area contributed by atoms with Gasteiger partial charge in [-0.05, 0) is 57.2 Å². The number of nitrogen functional groups attached to an aromatic ring is 1. The molecule has 0 aliphatic rings. The molecule has 0 spiro atoms. The molecule has 2 N–H and O–H groups in total. The van der Waals surface area contributed by atoms with Crippen LogP contribution in [0.15, 0.2) is 63.2 Å². The zero-order chi connectivity index (χ0) is 24.6. The number of benzene rings is 1. The molecule has 0 bridgehead atoms. The number of hydrogen-bond donors (Lipinski definition) is 1. The summed E-state index contributed by atoms with van der Waals surface area (Å²) in [5.41, 5.74) is 7.70. The van der Waals surface area contributed by atoms with Gasteiger partial charge in [-0.25, -0.2) is 13.0 Å². The highest BCUT2D eigenvalue weighted by Crippen LogP contribution is 2.27. The van der Waals surface area contributed by atoms with Gasteiger partial charge < -0.3 is 10.5 Å². The fourth-order valence-corrected chi connectivity index (χ4v) is 5.34. The second-order valence-corrected chi connectivity index (χ2v) is 10.7. The molecule has 4 rings (SSSR count). The number of anilines is 1. The molecule has 0 amide bonds. The lowest BCUT2D eigenvalue weighted by molar-refractivity contribution is -0.661. The van der Waals surface area contributed by atoms with Crippen molar-refractivity contribution in [2.24, 2.45) is 0 Å². The summed E-state index contributed by atoms with van der Waals surface area (Å²) in [4.78, 5) is 18.0. The Kier molecular flexibility index (Phi) is 6.62. The quantitative estimate of drug-likeness (QED) is 0.236. The highest BCUT2D eigenvalue weighted by Gasteiger charge is 2.29. The third-order valence-electron chi connectivity index (χ3n) is 5.53. The average molecular weight is 502 g/mol. The molecule has 4 aromatic rings. The second-order valence-electron chi connectivity index (χ2n) is 8.31.